The van der Waals surface area contributed by atoms with Crippen LogP contribution in [-0.2, 0) is 16.0 Å². The molecular weight excluding hydrogens is 401 g/mol. The molecule has 0 N–H and O–H groups in total. The van der Waals surface area contributed by atoms with Crippen LogP contribution in [0.5, 0.6) is 0 Å². The highest BCUT2D eigenvalue weighted by Gasteiger charge is 2.44. The van der Waals surface area contributed by atoms with E-state index in [1.807, 2.05) is 19.1 Å². The van der Waals surface area contributed by atoms with Crippen molar-refractivity contribution in [3.05, 3.63) is 82.4 Å². The van der Waals surface area contributed by atoms with E-state index in [9.17, 15) is 9.18 Å². The van der Waals surface area contributed by atoms with Crippen molar-refractivity contribution < 1.29 is 13.9 Å². The summed E-state index contributed by atoms with van der Waals surface area (Å²) in [5.41, 5.74) is 7.71. The standard InChI is InChI=1S/C28H32FNO2/c1-19(17-29)18-30-27(21-12-9-20(10-13-21)11-14-26(31)32-4)24-15-22-7-5-6-8-23(22)25(24)16-28(30,2)3/h5-14,19,27H,15-18H2,1-4H3/b14-11+/t19-,27?/m1/s1. The molecular formula is C28H32FNO2. The van der Waals surface area contributed by atoms with Gasteiger partial charge in [-0.3, -0.25) is 9.29 Å². The highest BCUT2D eigenvalue weighted by atomic mass is 19.1. The Kier molecular flexibility index (Phi) is 6.34. The minimum Gasteiger partial charge on any atom is -0.466 e. The first-order chi connectivity index (χ1) is 15.3. The third kappa shape index (κ3) is 4.29. The largest absolute Gasteiger partial charge is 0.466 e. The Morgan fingerprint density at radius 1 is 1.22 bits per heavy atom. The molecule has 2 aromatic carbocycles. The molecule has 0 amide bonds. The second-order valence-electron chi connectivity index (χ2n) is 9.66. The maximum absolute atomic E-state index is 13.6. The lowest BCUT2D eigenvalue weighted by Gasteiger charge is -2.50. The van der Waals surface area contributed by atoms with Gasteiger partial charge in [0.2, 0.25) is 0 Å². The zero-order valence-corrected chi connectivity index (χ0v) is 19.4. The first kappa shape index (κ1) is 22.5. The highest BCUT2D eigenvalue weighted by molar-refractivity contribution is 5.87. The number of halogens is 1. The summed E-state index contributed by atoms with van der Waals surface area (Å²) >= 11 is 0. The maximum Gasteiger partial charge on any atom is 0.330 e. The van der Waals surface area contributed by atoms with Gasteiger partial charge in [-0.1, -0.05) is 55.5 Å². The second kappa shape index (κ2) is 9.03. The molecule has 0 saturated carbocycles. The number of nitrogens with zero attached hydrogens (tertiary/aromatic N) is 1. The van der Waals surface area contributed by atoms with Crippen molar-refractivity contribution in [2.24, 2.45) is 5.92 Å². The van der Waals surface area contributed by atoms with E-state index in [0.29, 0.717) is 6.54 Å². The van der Waals surface area contributed by atoms with Crippen LogP contribution in [-0.4, -0.2) is 36.7 Å². The van der Waals surface area contributed by atoms with E-state index in [1.54, 1.807) is 6.08 Å². The number of esters is 1. The van der Waals surface area contributed by atoms with E-state index in [4.69, 9.17) is 0 Å². The third-order valence-electron chi connectivity index (χ3n) is 6.78. The Hall–Kier alpha value is -2.72. The van der Waals surface area contributed by atoms with E-state index < -0.39 is 0 Å². The Morgan fingerprint density at radius 3 is 2.62 bits per heavy atom. The monoisotopic (exact) mass is 433 g/mol. The summed E-state index contributed by atoms with van der Waals surface area (Å²) in [4.78, 5) is 13.9. The molecule has 32 heavy (non-hydrogen) atoms. The van der Waals surface area contributed by atoms with Gasteiger partial charge in [-0.05, 0) is 72.1 Å². The van der Waals surface area contributed by atoms with Gasteiger partial charge < -0.3 is 4.74 Å². The first-order valence-electron chi connectivity index (χ1n) is 11.3. The summed E-state index contributed by atoms with van der Waals surface area (Å²) in [6, 6.07) is 17.2. The van der Waals surface area contributed by atoms with E-state index >= 15 is 0 Å². The summed E-state index contributed by atoms with van der Waals surface area (Å²) < 4.78 is 18.2. The molecule has 0 saturated heterocycles. The van der Waals surface area contributed by atoms with Crippen LogP contribution in [0.2, 0.25) is 0 Å². The number of carbonyl (C=O) groups is 1. The van der Waals surface area contributed by atoms with Gasteiger partial charge in [0.15, 0.2) is 0 Å². The molecule has 2 aromatic rings. The van der Waals surface area contributed by atoms with Gasteiger partial charge in [0.25, 0.3) is 0 Å². The molecule has 4 heteroatoms. The molecule has 3 nitrogen and oxygen atoms in total. The minimum absolute atomic E-state index is 0.0232. The van der Waals surface area contributed by atoms with Crippen molar-refractivity contribution >= 4 is 17.6 Å². The van der Waals surface area contributed by atoms with Gasteiger partial charge in [-0.2, -0.15) is 0 Å². The van der Waals surface area contributed by atoms with Crippen molar-refractivity contribution in [3.8, 4) is 0 Å². The summed E-state index contributed by atoms with van der Waals surface area (Å²) in [7, 11) is 1.37. The number of ether oxygens (including phenoxy) is 1. The maximum atomic E-state index is 13.6. The van der Waals surface area contributed by atoms with Gasteiger partial charge in [-0.15, -0.1) is 0 Å². The SMILES string of the molecule is COC(=O)/C=C/c1ccc(C2C3=C(CC(C)(C)N2C[C@H](C)CF)c2ccccc2C3)cc1. The van der Waals surface area contributed by atoms with Gasteiger partial charge in [-0.25, -0.2) is 4.79 Å². The Labute approximate surface area is 190 Å². The number of rotatable bonds is 6. The van der Waals surface area contributed by atoms with Crippen LogP contribution in [0.4, 0.5) is 4.39 Å². The van der Waals surface area contributed by atoms with Gasteiger partial charge in [0.1, 0.15) is 0 Å². The fraction of sp³-hybridized carbons (Fsp3) is 0.393. The zero-order chi connectivity index (χ0) is 22.9. The zero-order valence-electron chi connectivity index (χ0n) is 19.4. The predicted molar refractivity (Wildman–Crippen MR) is 128 cm³/mol. The molecule has 2 atom stereocenters. The lowest BCUT2D eigenvalue weighted by atomic mass is 9.78. The summed E-state index contributed by atoms with van der Waals surface area (Å²) in [6.07, 6.45) is 5.10. The summed E-state index contributed by atoms with van der Waals surface area (Å²) in [5.74, 6) is -0.391. The molecule has 0 spiro atoms. The molecule has 0 bridgehead atoms. The number of fused-ring (bicyclic) bond motifs is 2. The van der Waals surface area contributed by atoms with Crippen LogP contribution in [0, 0.1) is 5.92 Å². The van der Waals surface area contributed by atoms with Crippen molar-refractivity contribution in [1.82, 2.24) is 4.90 Å². The number of benzene rings is 2. The summed E-state index contributed by atoms with van der Waals surface area (Å²) in [6.45, 7) is 6.95. The number of carbonyl (C=O) groups excluding carboxylic acids is 1. The quantitative estimate of drug-likeness (QED) is 0.412. The van der Waals surface area contributed by atoms with Gasteiger partial charge >= 0.3 is 5.97 Å². The van der Waals surface area contributed by atoms with E-state index in [-0.39, 0.29) is 30.1 Å². The molecule has 1 heterocycles. The number of hydrogen-bond donors (Lipinski definition) is 0. The third-order valence-corrected chi connectivity index (χ3v) is 6.78. The lowest BCUT2D eigenvalue weighted by molar-refractivity contribution is -0.134. The van der Waals surface area contributed by atoms with Crippen molar-refractivity contribution in [1.29, 1.82) is 0 Å². The van der Waals surface area contributed by atoms with E-state index in [2.05, 4.69) is 59.9 Å². The number of alkyl halides is 1. The van der Waals surface area contributed by atoms with Crippen LogP contribution < -0.4 is 0 Å². The van der Waals surface area contributed by atoms with Crippen LogP contribution >= 0.6 is 0 Å². The fourth-order valence-electron chi connectivity index (χ4n) is 5.14. The molecule has 1 aliphatic carbocycles. The Bertz CT molecular complexity index is 1050. The van der Waals surface area contributed by atoms with Gasteiger partial charge in [0.05, 0.1) is 19.8 Å². The molecule has 0 aromatic heterocycles. The average molecular weight is 434 g/mol. The van der Waals surface area contributed by atoms with Crippen molar-refractivity contribution in [2.45, 2.75) is 45.2 Å². The van der Waals surface area contributed by atoms with E-state index in [1.165, 1.54) is 41.0 Å². The molecule has 2 aliphatic rings. The van der Waals surface area contributed by atoms with Crippen molar-refractivity contribution in [2.75, 3.05) is 20.3 Å². The number of methoxy groups -OCH3 is 1. The van der Waals surface area contributed by atoms with E-state index in [0.717, 1.165) is 18.4 Å². The predicted octanol–water partition coefficient (Wildman–Crippen LogP) is 6.01. The van der Waals surface area contributed by atoms with Crippen LogP contribution in [0.3, 0.4) is 0 Å². The first-order valence-corrected chi connectivity index (χ1v) is 11.3. The lowest BCUT2D eigenvalue weighted by Crippen LogP contribution is -2.51. The molecule has 4 rings (SSSR count). The fourth-order valence-corrected chi connectivity index (χ4v) is 5.14. The van der Waals surface area contributed by atoms with Crippen molar-refractivity contribution in [3.63, 3.8) is 0 Å². The smallest absolute Gasteiger partial charge is 0.330 e. The topological polar surface area (TPSA) is 29.5 Å². The average Bonchev–Trinajstić information content (AvgIpc) is 3.15. The summed E-state index contributed by atoms with van der Waals surface area (Å²) in [5, 5.41) is 0. The Balaban J connectivity index is 1.75. The van der Waals surface area contributed by atoms with Crippen LogP contribution in [0.25, 0.3) is 11.6 Å². The molecule has 0 fully saturated rings. The molecule has 1 aliphatic heterocycles. The normalized spacial score (nSPS) is 20.8. The van der Waals surface area contributed by atoms with Crippen LogP contribution in [0.1, 0.15) is 55.5 Å². The minimum atomic E-state index is -0.368. The Morgan fingerprint density at radius 2 is 1.94 bits per heavy atom. The molecule has 168 valence electrons. The highest BCUT2D eigenvalue weighted by Crippen LogP contribution is 2.51. The molecule has 1 unspecified atom stereocenters. The number of hydrogen-bond acceptors (Lipinski definition) is 3. The molecule has 0 radical (unpaired) electrons. The van der Waals surface area contributed by atoms with Gasteiger partial charge in [0, 0.05) is 18.2 Å². The second-order valence-corrected chi connectivity index (χ2v) is 9.66. The van der Waals surface area contributed by atoms with Crippen LogP contribution in [0.15, 0.2) is 60.2 Å².